The van der Waals surface area contributed by atoms with Gasteiger partial charge in [0, 0.05) is 11.8 Å². The van der Waals surface area contributed by atoms with Gasteiger partial charge in [0.1, 0.15) is 11.6 Å². The summed E-state index contributed by atoms with van der Waals surface area (Å²) in [5.74, 6) is -1.21. The summed E-state index contributed by atoms with van der Waals surface area (Å²) in [5, 5.41) is 2.49. The van der Waals surface area contributed by atoms with E-state index >= 15 is 0 Å². The zero-order chi connectivity index (χ0) is 17.7. The van der Waals surface area contributed by atoms with Crippen molar-refractivity contribution in [1.82, 2.24) is 0 Å². The number of amides is 1. The Balaban J connectivity index is 1.89. The minimum atomic E-state index is -1.03. The molecule has 1 aromatic heterocycles. The Bertz CT molecular complexity index is 785. The lowest BCUT2D eigenvalue weighted by Crippen LogP contribution is -2.29. The molecule has 1 atom stereocenters. The van der Waals surface area contributed by atoms with Crippen molar-refractivity contribution in [3.05, 3.63) is 58.2 Å². The molecule has 0 fully saturated rings. The van der Waals surface area contributed by atoms with E-state index in [0.717, 1.165) is 6.08 Å². The molecule has 1 N–H and O–H groups in total. The predicted molar refractivity (Wildman–Crippen MR) is 90.8 cm³/mol. The molecule has 1 amide bonds. The van der Waals surface area contributed by atoms with Crippen molar-refractivity contribution in [2.75, 3.05) is 5.32 Å². The molecule has 1 aromatic carbocycles. The van der Waals surface area contributed by atoms with E-state index in [1.165, 1.54) is 19.1 Å². The monoisotopic (exact) mass is 395 g/mol. The highest BCUT2D eigenvalue weighted by atomic mass is 79.9. The van der Waals surface area contributed by atoms with Crippen LogP contribution in [-0.2, 0) is 14.3 Å². The van der Waals surface area contributed by atoms with E-state index in [2.05, 4.69) is 21.2 Å². The molecule has 2 aromatic rings. The fraction of sp³-hybridized carbons (Fsp3) is 0.176. The molecule has 0 saturated heterocycles. The van der Waals surface area contributed by atoms with Gasteiger partial charge in [-0.3, -0.25) is 4.79 Å². The highest BCUT2D eigenvalue weighted by Gasteiger charge is 2.17. The molecular weight excluding hydrogens is 381 g/mol. The molecule has 7 heteroatoms. The molecule has 2 rings (SSSR count). The largest absolute Gasteiger partial charge is 0.450 e. The maximum absolute atomic E-state index is 13.4. The molecule has 1 heterocycles. The van der Waals surface area contributed by atoms with Crippen LogP contribution in [0.5, 0.6) is 0 Å². The summed E-state index contributed by atoms with van der Waals surface area (Å²) < 4.78 is 24.2. The number of hydrogen-bond donors (Lipinski definition) is 1. The number of halogens is 2. The minimum absolute atomic E-state index is 0.293. The number of hydrogen-bond acceptors (Lipinski definition) is 4. The normalized spacial score (nSPS) is 12.2. The Morgan fingerprint density at radius 1 is 1.33 bits per heavy atom. The lowest BCUT2D eigenvalue weighted by Gasteiger charge is -2.12. The zero-order valence-corrected chi connectivity index (χ0v) is 14.6. The van der Waals surface area contributed by atoms with Gasteiger partial charge in [0.25, 0.3) is 5.91 Å². The number of nitrogens with one attached hydrogen (secondary N) is 1. The van der Waals surface area contributed by atoms with Gasteiger partial charge in [-0.15, -0.1) is 0 Å². The third kappa shape index (κ3) is 5.06. The van der Waals surface area contributed by atoms with E-state index in [9.17, 15) is 14.0 Å². The number of esters is 1. The number of carbonyl (C=O) groups excluding carboxylic acids is 2. The fourth-order valence-corrected chi connectivity index (χ4v) is 2.07. The maximum Gasteiger partial charge on any atom is 0.331 e. The molecular formula is C17H15BrFNO4. The third-order valence-corrected chi connectivity index (χ3v) is 3.51. The van der Waals surface area contributed by atoms with Gasteiger partial charge in [-0.2, -0.15) is 0 Å². The van der Waals surface area contributed by atoms with E-state index in [-0.39, 0.29) is 0 Å². The third-order valence-electron chi connectivity index (χ3n) is 3.08. The summed E-state index contributed by atoms with van der Waals surface area (Å²) in [6.45, 7) is 3.05. The SMILES string of the molecule is Cc1ccc(NC(=O)C(C)OC(=O)/C=C/c2ccc(Br)o2)cc1F. The zero-order valence-electron chi connectivity index (χ0n) is 13.0. The lowest BCUT2D eigenvalue weighted by molar-refractivity contribution is -0.148. The van der Waals surface area contributed by atoms with Crippen LogP contribution in [-0.4, -0.2) is 18.0 Å². The van der Waals surface area contributed by atoms with Crippen molar-refractivity contribution >= 4 is 39.6 Å². The van der Waals surface area contributed by atoms with Crippen molar-refractivity contribution in [3.8, 4) is 0 Å². The molecule has 24 heavy (non-hydrogen) atoms. The predicted octanol–water partition coefficient (Wildman–Crippen LogP) is 4.07. The van der Waals surface area contributed by atoms with Crippen molar-refractivity contribution in [2.45, 2.75) is 20.0 Å². The highest BCUT2D eigenvalue weighted by Crippen LogP contribution is 2.16. The quantitative estimate of drug-likeness (QED) is 0.611. The van der Waals surface area contributed by atoms with Crippen molar-refractivity contribution in [3.63, 3.8) is 0 Å². The molecule has 5 nitrogen and oxygen atoms in total. The first-order valence-corrected chi connectivity index (χ1v) is 7.85. The number of aryl methyl sites for hydroxylation is 1. The highest BCUT2D eigenvalue weighted by molar-refractivity contribution is 9.10. The molecule has 1 unspecified atom stereocenters. The lowest BCUT2D eigenvalue weighted by atomic mass is 10.2. The van der Waals surface area contributed by atoms with Crippen LogP contribution < -0.4 is 5.32 Å². The van der Waals surface area contributed by atoms with Gasteiger partial charge in [-0.1, -0.05) is 6.07 Å². The van der Waals surface area contributed by atoms with E-state index < -0.39 is 23.8 Å². The van der Waals surface area contributed by atoms with Crippen LogP contribution in [0, 0.1) is 12.7 Å². The summed E-state index contributed by atoms with van der Waals surface area (Å²) >= 11 is 3.14. The number of benzene rings is 1. The summed E-state index contributed by atoms with van der Waals surface area (Å²) in [6, 6.07) is 7.67. The first-order chi connectivity index (χ1) is 11.3. The Morgan fingerprint density at radius 2 is 2.08 bits per heavy atom. The van der Waals surface area contributed by atoms with E-state index in [1.807, 2.05) is 0 Å². The van der Waals surface area contributed by atoms with Crippen LogP contribution in [0.4, 0.5) is 10.1 Å². The molecule has 0 aliphatic rings. The second kappa shape index (κ2) is 7.92. The molecule has 0 radical (unpaired) electrons. The van der Waals surface area contributed by atoms with Crippen LogP contribution in [0.25, 0.3) is 6.08 Å². The van der Waals surface area contributed by atoms with Crippen LogP contribution in [0.1, 0.15) is 18.2 Å². The van der Waals surface area contributed by atoms with Crippen LogP contribution in [0.2, 0.25) is 0 Å². The Hall–Kier alpha value is -2.41. The summed E-state index contributed by atoms with van der Waals surface area (Å²) in [7, 11) is 0. The van der Waals surface area contributed by atoms with Gasteiger partial charge < -0.3 is 14.5 Å². The number of carbonyl (C=O) groups is 2. The van der Waals surface area contributed by atoms with Crippen molar-refractivity contribution in [1.29, 1.82) is 0 Å². The van der Waals surface area contributed by atoms with Gasteiger partial charge >= 0.3 is 5.97 Å². The summed E-state index contributed by atoms with van der Waals surface area (Å²) in [4.78, 5) is 23.6. The second-order valence-corrected chi connectivity index (χ2v) is 5.79. The molecule has 0 aliphatic carbocycles. The van der Waals surface area contributed by atoms with Crippen LogP contribution >= 0.6 is 15.9 Å². The van der Waals surface area contributed by atoms with E-state index in [4.69, 9.17) is 9.15 Å². The minimum Gasteiger partial charge on any atom is -0.450 e. The molecule has 126 valence electrons. The Morgan fingerprint density at radius 3 is 2.71 bits per heavy atom. The van der Waals surface area contributed by atoms with E-state index in [1.54, 1.807) is 31.2 Å². The van der Waals surface area contributed by atoms with Gasteiger partial charge in [0.2, 0.25) is 0 Å². The van der Waals surface area contributed by atoms with Crippen LogP contribution in [0.15, 0.2) is 45.5 Å². The van der Waals surface area contributed by atoms with Crippen molar-refractivity contribution < 1.29 is 23.1 Å². The molecule has 0 aliphatic heterocycles. The number of ether oxygens (including phenoxy) is 1. The van der Waals surface area contributed by atoms with Gasteiger partial charge in [-0.05, 0) is 65.7 Å². The molecule has 0 spiro atoms. The first-order valence-electron chi connectivity index (χ1n) is 7.06. The van der Waals surface area contributed by atoms with Gasteiger partial charge in [0.15, 0.2) is 10.8 Å². The van der Waals surface area contributed by atoms with Gasteiger partial charge in [-0.25, -0.2) is 9.18 Å². The second-order valence-electron chi connectivity index (χ2n) is 5.01. The maximum atomic E-state index is 13.4. The average molecular weight is 396 g/mol. The topological polar surface area (TPSA) is 68.5 Å². The number of furan rings is 1. The fourth-order valence-electron chi connectivity index (χ4n) is 1.75. The molecule has 0 bridgehead atoms. The average Bonchev–Trinajstić information content (AvgIpc) is 2.94. The van der Waals surface area contributed by atoms with Crippen LogP contribution in [0.3, 0.4) is 0 Å². The Kier molecular flexibility index (Phi) is 5.92. The van der Waals surface area contributed by atoms with E-state index in [0.29, 0.717) is 21.7 Å². The first kappa shape index (κ1) is 17.9. The standard InChI is InChI=1S/C17H15BrFNO4/c1-10-3-4-12(9-14(10)19)20-17(22)11(2)23-16(21)8-6-13-5-7-15(18)24-13/h3-9,11H,1-2H3,(H,20,22)/b8-6+. The smallest absolute Gasteiger partial charge is 0.331 e. The number of rotatable bonds is 5. The van der Waals surface area contributed by atoms with Gasteiger partial charge in [0.05, 0.1) is 0 Å². The summed E-state index contributed by atoms with van der Waals surface area (Å²) in [6.07, 6.45) is 1.54. The number of anilines is 1. The Labute approximate surface area is 146 Å². The molecule has 0 saturated carbocycles. The van der Waals surface area contributed by atoms with Crippen molar-refractivity contribution in [2.24, 2.45) is 0 Å². The summed E-state index contributed by atoms with van der Waals surface area (Å²) in [5.41, 5.74) is 0.768.